The molecule has 0 aromatic heterocycles. The quantitative estimate of drug-likeness (QED) is 0.764. The van der Waals surface area contributed by atoms with Gasteiger partial charge in [-0.15, -0.1) is 4.40 Å². The van der Waals surface area contributed by atoms with E-state index in [0.717, 1.165) is 0 Å². The Balaban J connectivity index is 2.14. The van der Waals surface area contributed by atoms with Crippen molar-refractivity contribution in [1.82, 2.24) is 10.2 Å². The second-order valence-electron chi connectivity index (χ2n) is 6.01. The molecule has 1 aromatic rings. The van der Waals surface area contributed by atoms with Crippen LogP contribution in [0.25, 0.3) is 0 Å². The van der Waals surface area contributed by atoms with Crippen molar-refractivity contribution in [1.29, 1.82) is 0 Å². The third-order valence-electron chi connectivity index (χ3n) is 4.15. The molecule has 0 radical (unpaired) electrons. The number of carbonyl (C=O) groups is 2. The summed E-state index contributed by atoms with van der Waals surface area (Å²) in [4.78, 5) is 25.0. The van der Waals surface area contributed by atoms with E-state index in [1.54, 1.807) is 25.1 Å². The highest BCUT2D eigenvalue weighted by Crippen LogP contribution is 2.26. The Morgan fingerprint density at radius 3 is 2.56 bits per heavy atom. The van der Waals surface area contributed by atoms with E-state index in [0.29, 0.717) is 12.0 Å². The Labute approximate surface area is 146 Å². The van der Waals surface area contributed by atoms with Crippen molar-refractivity contribution in [3.05, 3.63) is 29.8 Å². The molecule has 0 saturated carbocycles. The first kappa shape index (κ1) is 18.9. The highest BCUT2D eigenvalue weighted by molar-refractivity contribution is 7.90. The Hall–Kier alpha value is -2.42. The number of carboxylic acid groups (broad SMARTS) is 1. The summed E-state index contributed by atoms with van der Waals surface area (Å²) in [7, 11) is -2.23. The Morgan fingerprint density at radius 2 is 1.96 bits per heavy atom. The maximum absolute atomic E-state index is 12.2. The van der Waals surface area contributed by atoms with E-state index in [9.17, 15) is 23.1 Å². The summed E-state index contributed by atoms with van der Waals surface area (Å²) in [6.07, 6.45) is 0.603. The van der Waals surface area contributed by atoms with Gasteiger partial charge in [0, 0.05) is 12.6 Å². The zero-order chi connectivity index (χ0) is 18.8. The Bertz CT molecular complexity index is 819. The largest absolute Gasteiger partial charge is 0.480 e. The van der Waals surface area contributed by atoms with Crippen LogP contribution >= 0.6 is 0 Å². The van der Waals surface area contributed by atoms with Crippen LogP contribution < -0.4 is 5.32 Å². The number of carboxylic acids is 1. The van der Waals surface area contributed by atoms with Gasteiger partial charge in [0.05, 0.1) is 6.54 Å². The first-order valence-corrected chi connectivity index (χ1v) is 9.29. The fraction of sp³-hybridized carbons (Fsp3) is 0.438. The van der Waals surface area contributed by atoms with Gasteiger partial charge in [0.1, 0.15) is 10.9 Å². The number of rotatable bonds is 6. The molecular weight excluding hydrogens is 346 g/mol. The molecule has 0 fully saturated rings. The number of hydrogen-bond donors (Lipinski definition) is 2. The van der Waals surface area contributed by atoms with Crippen LogP contribution in [0.2, 0.25) is 0 Å². The van der Waals surface area contributed by atoms with E-state index in [4.69, 9.17) is 0 Å². The molecule has 8 nitrogen and oxygen atoms in total. The molecular formula is C16H21N3O5S. The van der Waals surface area contributed by atoms with Crippen molar-refractivity contribution < 1.29 is 23.1 Å². The molecule has 1 heterocycles. The van der Waals surface area contributed by atoms with Crippen molar-refractivity contribution in [3.63, 3.8) is 0 Å². The SMILES string of the molecule is CC[C@H](C)[C@H](NC(=O)CN(C)C1=NS(=O)(=O)c2ccccc21)C(=O)O. The van der Waals surface area contributed by atoms with E-state index >= 15 is 0 Å². The van der Waals surface area contributed by atoms with Crippen LogP contribution in [0, 0.1) is 5.92 Å². The summed E-state index contributed by atoms with van der Waals surface area (Å²) in [5.74, 6) is -1.67. The van der Waals surface area contributed by atoms with Crippen LogP contribution in [0.5, 0.6) is 0 Å². The molecule has 1 aromatic carbocycles. The van der Waals surface area contributed by atoms with Crippen LogP contribution in [-0.2, 0) is 19.6 Å². The molecule has 2 atom stereocenters. The summed E-state index contributed by atoms with van der Waals surface area (Å²) >= 11 is 0. The second kappa shape index (κ2) is 7.22. The van der Waals surface area contributed by atoms with Crippen molar-refractivity contribution in [3.8, 4) is 0 Å². The molecule has 0 spiro atoms. The van der Waals surface area contributed by atoms with Crippen LogP contribution in [0.15, 0.2) is 33.6 Å². The van der Waals surface area contributed by atoms with Crippen LogP contribution in [0.1, 0.15) is 25.8 Å². The molecule has 0 unspecified atom stereocenters. The molecule has 9 heteroatoms. The minimum atomic E-state index is -3.77. The lowest BCUT2D eigenvalue weighted by Crippen LogP contribution is -2.48. The molecule has 2 N–H and O–H groups in total. The smallest absolute Gasteiger partial charge is 0.326 e. The highest BCUT2D eigenvalue weighted by Gasteiger charge is 2.32. The fourth-order valence-corrected chi connectivity index (χ4v) is 3.81. The number of amidine groups is 1. The fourth-order valence-electron chi connectivity index (χ4n) is 2.56. The molecule has 136 valence electrons. The van der Waals surface area contributed by atoms with Gasteiger partial charge in [0.15, 0.2) is 5.84 Å². The van der Waals surface area contributed by atoms with E-state index in [-0.39, 0.29) is 23.2 Å². The number of hydrogen-bond acceptors (Lipinski definition) is 5. The minimum absolute atomic E-state index is 0.0975. The topological polar surface area (TPSA) is 116 Å². The van der Waals surface area contributed by atoms with E-state index in [2.05, 4.69) is 9.71 Å². The molecule has 1 amide bonds. The van der Waals surface area contributed by atoms with Gasteiger partial charge in [0.25, 0.3) is 10.0 Å². The number of likely N-dealkylation sites (N-methyl/N-ethyl adjacent to an activating group) is 1. The second-order valence-corrected chi connectivity index (χ2v) is 7.58. The highest BCUT2D eigenvalue weighted by atomic mass is 32.2. The van der Waals surface area contributed by atoms with Crippen LogP contribution in [0.4, 0.5) is 0 Å². The molecule has 25 heavy (non-hydrogen) atoms. The summed E-state index contributed by atoms with van der Waals surface area (Å²) in [5.41, 5.74) is 0.425. The number of nitrogens with zero attached hydrogens (tertiary/aromatic N) is 2. The maximum atomic E-state index is 12.2. The van der Waals surface area contributed by atoms with Crippen molar-refractivity contribution in [2.75, 3.05) is 13.6 Å². The Morgan fingerprint density at radius 1 is 1.32 bits per heavy atom. The summed E-state index contributed by atoms with van der Waals surface area (Å²) in [5, 5.41) is 11.7. The number of fused-ring (bicyclic) bond motifs is 1. The lowest BCUT2D eigenvalue weighted by Gasteiger charge is -2.23. The number of carbonyl (C=O) groups excluding carboxylic acids is 1. The first-order chi connectivity index (χ1) is 11.7. The lowest BCUT2D eigenvalue weighted by atomic mass is 9.99. The molecule has 0 bridgehead atoms. The number of nitrogens with one attached hydrogen (secondary N) is 1. The summed E-state index contributed by atoms with van der Waals surface area (Å²) in [6, 6.07) is 5.37. The summed E-state index contributed by atoms with van der Waals surface area (Å²) in [6.45, 7) is 3.38. The third kappa shape index (κ3) is 3.98. The first-order valence-electron chi connectivity index (χ1n) is 7.85. The van der Waals surface area contributed by atoms with Crippen LogP contribution in [0.3, 0.4) is 0 Å². The van der Waals surface area contributed by atoms with Gasteiger partial charge in [-0.2, -0.15) is 8.42 Å². The van der Waals surface area contributed by atoms with E-state index in [1.807, 2.05) is 6.92 Å². The zero-order valence-electron chi connectivity index (χ0n) is 14.3. The maximum Gasteiger partial charge on any atom is 0.326 e. The number of sulfonamides is 1. The van der Waals surface area contributed by atoms with Crippen molar-refractivity contribution in [2.45, 2.75) is 31.2 Å². The van der Waals surface area contributed by atoms with Gasteiger partial charge in [-0.1, -0.05) is 32.4 Å². The Kier molecular flexibility index (Phi) is 5.46. The summed E-state index contributed by atoms with van der Waals surface area (Å²) < 4.78 is 27.8. The van der Waals surface area contributed by atoms with Gasteiger partial charge >= 0.3 is 5.97 Å². The number of aliphatic carboxylic acids is 1. The average molecular weight is 367 g/mol. The van der Waals surface area contributed by atoms with Crippen molar-refractivity contribution >= 4 is 27.7 Å². The normalized spacial score (nSPS) is 17.2. The van der Waals surface area contributed by atoms with Gasteiger partial charge in [-0.3, -0.25) is 4.79 Å². The average Bonchev–Trinajstić information content (AvgIpc) is 2.83. The monoisotopic (exact) mass is 367 g/mol. The van der Waals surface area contributed by atoms with Crippen molar-refractivity contribution in [2.24, 2.45) is 10.3 Å². The molecule has 1 aliphatic rings. The predicted octanol–water partition coefficient (Wildman–Crippen LogP) is 0.683. The predicted molar refractivity (Wildman–Crippen MR) is 91.8 cm³/mol. The van der Waals surface area contributed by atoms with E-state index in [1.165, 1.54) is 18.0 Å². The third-order valence-corrected chi connectivity index (χ3v) is 5.48. The van der Waals surface area contributed by atoms with Crippen LogP contribution in [-0.4, -0.2) is 55.8 Å². The molecule has 2 rings (SSSR count). The zero-order valence-corrected chi connectivity index (χ0v) is 15.1. The number of amides is 1. The van der Waals surface area contributed by atoms with Gasteiger partial charge in [-0.05, 0) is 18.1 Å². The standard InChI is InChI=1S/C16H21N3O5S/c1-4-10(2)14(16(21)22)17-13(20)9-19(3)15-11-7-5-6-8-12(11)25(23,24)18-15/h5-8,10,14H,4,9H2,1-3H3,(H,17,20)(H,21,22)/t10-,14-/m0/s1. The molecule has 1 aliphatic heterocycles. The minimum Gasteiger partial charge on any atom is -0.480 e. The molecule has 0 saturated heterocycles. The van der Waals surface area contributed by atoms with Gasteiger partial charge in [0.2, 0.25) is 5.91 Å². The van der Waals surface area contributed by atoms with Gasteiger partial charge in [-0.25, -0.2) is 4.79 Å². The lowest BCUT2D eigenvalue weighted by molar-refractivity contribution is -0.143. The van der Waals surface area contributed by atoms with E-state index < -0.39 is 27.9 Å². The number of benzene rings is 1. The molecule has 0 aliphatic carbocycles. The van der Waals surface area contributed by atoms with Gasteiger partial charge < -0.3 is 15.3 Å².